The number of hydrogen-bond donors (Lipinski definition) is 2. The third kappa shape index (κ3) is 4.55. The number of aromatic carboxylic acids is 1. The monoisotopic (exact) mass is 606 g/mol. The van der Waals surface area contributed by atoms with Gasteiger partial charge in [0.15, 0.2) is 5.69 Å². The predicted molar refractivity (Wildman–Crippen MR) is 151 cm³/mol. The van der Waals surface area contributed by atoms with E-state index in [9.17, 15) is 23.1 Å². The van der Waals surface area contributed by atoms with Crippen molar-refractivity contribution < 1.29 is 23.1 Å². The van der Waals surface area contributed by atoms with Gasteiger partial charge in [0.25, 0.3) is 15.9 Å². The van der Waals surface area contributed by atoms with Gasteiger partial charge in [-0.3, -0.25) is 4.79 Å². The number of hydrogen-bond acceptors (Lipinski definition) is 4. The molecule has 4 aliphatic carbocycles. The van der Waals surface area contributed by atoms with Crippen molar-refractivity contribution in [2.75, 3.05) is 0 Å². The molecule has 0 spiro atoms. The van der Waals surface area contributed by atoms with Crippen LogP contribution < -0.4 is 5.32 Å². The lowest BCUT2D eigenvalue weighted by atomic mass is 9.53. The summed E-state index contributed by atoms with van der Waals surface area (Å²) in [5.41, 5.74) is -1.04. The molecule has 4 fully saturated rings. The summed E-state index contributed by atoms with van der Waals surface area (Å²) in [6, 6.07) is 10.2. The summed E-state index contributed by atoms with van der Waals surface area (Å²) in [4.78, 5) is 25.9. The number of nitrogens with zero attached hydrogens (tertiary/aromatic N) is 1. The molecule has 3 aromatic rings. The molecule has 39 heavy (non-hydrogen) atoms. The molecule has 7 rings (SSSR count). The van der Waals surface area contributed by atoms with Crippen molar-refractivity contribution in [3.05, 3.63) is 68.8 Å². The summed E-state index contributed by atoms with van der Waals surface area (Å²) in [5.74, 6) is -0.255. The second-order valence-electron chi connectivity index (χ2n) is 11.1. The zero-order valence-corrected chi connectivity index (χ0v) is 23.7. The first-order valence-electron chi connectivity index (χ1n) is 12.7. The Morgan fingerprint density at radius 1 is 1.00 bits per heavy atom. The van der Waals surface area contributed by atoms with Crippen molar-refractivity contribution in [2.24, 2.45) is 17.8 Å². The molecule has 11 heteroatoms. The molecule has 0 atom stereocenters. The van der Waals surface area contributed by atoms with Crippen LogP contribution in [-0.4, -0.2) is 34.9 Å². The van der Waals surface area contributed by atoms with Crippen LogP contribution in [0.1, 0.15) is 54.6 Å². The standard InChI is InChI=1S/C28H25Cl3N2O5S/c29-18-9-21(30)24-20(11-22(31)26(34)32-28-12-15-6-16(13-28)8-17(7-15)14-28)25(27(35)36)33(23(24)10-18)39(37,38)19-4-2-1-3-5-19/h1-5,9-11,15-17H,6-8,12-14H2,(H,32,34)(H,35,36)/b22-11-. The van der Waals surface area contributed by atoms with Gasteiger partial charge < -0.3 is 10.4 Å². The minimum absolute atomic E-state index is 0.0271. The molecular formula is C28H25Cl3N2O5S. The summed E-state index contributed by atoms with van der Waals surface area (Å²) in [6.07, 6.45) is 7.54. The minimum atomic E-state index is -4.40. The lowest BCUT2D eigenvalue weighted by molar-refractivity contribution is -0.122. The second kappa shape index (κ2) is 9.54. The molecule has 2 N–H and O–H groups in total. The number of carboxylic acids is 1. The SMILES string of the molecule is O=C(NC12CC3CC(CC(C3)C1)C2)/C(Cl)=C/c1c(C(=O)O)n(S(=O)(=O)c2ccccc2)c2cc(Cl)cc(Cl)c12. The van der Waals surface area contributed by atoms with E-state index in [4.69, 9.17) is 34.8 Å². The first-order valence-corrected chi connectivity index (χ1v) is 15.3. The zero-order valence-electron chi connectivity index (χ0n) is 20.7. The number of amides is 1. The molecule has 4 saturated carbocycles. The van der Waals surface area contributed by atoms with E-state index in [0.29, 0.717) is 21.7 Å². The first kappa shape index (κ1) is 26.7. The van der Waals surface area contributed by atoms with E-state index in [1.54, 1.807) is 6.07 Å². The fourth-order valence-corrected chi connectivity index (χ4v) is 9.65. The Labute approximate surface area is 240 Å². The fraction of sp³-hybridized carbons (Fsp3) is 0.357. The number of aromatic nitrogens is 1. The van der Waals surface area contributed by atoms with E-state index < -0.39 is 27.6 Å². The molecule has 0 unspecified atom stereocenters. The maximum absolute atomic E-state index is 13.7. The summed E-state index contributed by atoms with van der Waals surface area (Å²) in [5, 5.41) is 13.4. The third-order valence-corrected chi connectivity index (χ3v) is 10.9. The summed E-state index contributed by atoms with van der Waals surface area (Å²) in [6.45, 7) is 0. The van der Waals surface area contributed by atoms with Crippen molar-refractivity contribution >= 4 is 73.7 Å². The average molecular weight is 608 g/mol. The molecule has 4 aliphatic rings. The van der Waals surface area contributed by atoms with Crippen molar-refractivity contribution in [2.45, 2.75) is 49.0 Å². The molecule has 4 bridgehead atoms. The summed E-state index contributed by atoms with van der Waals surface area (Å²) in [7, 11) is -4.40. The van der Waals surface area contributed by atoms with Crippen LogP contribution in [0.2, 0.25) is 10.0 Å². The Hall–Kier alpha value is -2.52. The molecule has 0 saturated heterocycles. The highest BCUT2D eigenvalue weighted by Crippen LogP contribution is 2.55. The van der Waals surface area contributed by atoms with Crippen LogP contribution in [0.5, 0.6) is 0 Å². The van der Waals surface area contributed by atoms with Gasteiger partial charge in [-0.15, -0.1) is 0 Å². The van der Waals surface area contributed by atoms with E-state index >= 15 is 0 Å². The number of benzene rings is 2. The quantitative estimate of drug-likeness (QED) is 0.309. The van der Waals surface area contributed by atoms with E-state index in [2.05, 4.69) is 5.32 Å². The van der Waals surface area contributed by atoms with Gasteiger partial charge >= 0.3 is 5.97 Å². The topological polar surface area (TPSA) is 105 Å². The maximum atomic E-state index is 13.7. The van der Waals surface area contributed by atoms with Crippen molar-refractivity contribution in [3.63, 3.8) is 0 Å². The predicted octanol–water partition coefficient (Wildman–Crippen LogP) is 6.55. The third-order valence-electron chi connectivity index (χ3n) is 8.37. The van der Waals surface area contributed by atoms with E-state index in [1.165, 1.54) is 61.7 Å². The van der Waals surface area contributed by atoms with Gasteiger partial charge in [-0.1, -0.05) is 53.0 Å². The van der Waals surface area contributed by atoms with Crippen LogP contribution in [0, 0.1) is 17.8 Å². The minimum Gasteiger partial charge on any atom is -0.477 e. The Morgan fingerprint density at radius 2 is 1.59 bits per heavy atom. The van der Waals surface area contributed by atoms with Gasteiger partial charge in [-0.2, -0.15) is 0 Å². The summed E-state index contributed by atoms with van der Waals surface area (Å²) >= 11 is 19.3. The Bertz CT molecular complexity index is 1630. The fourth-order valence-electron chi connectivity index (χ4n) is 7.38. The van der Waals surface area contributed by atoms with Crippen LogP contribution in [0.15, 0.2) is 52.4 Å². The highest BCUT2D eigenvalue weighted by molar-refractivity contribution is 7.90. The van der Waals surface area contributed by atoms with E-state index in [1.807, 2.05) is 0 Å². The van der Waals surface area contributed by atoms with Gasteiger partial charge in [-0.05, 0) is 86.6 Å². The van der Waals surface area contributed by atoms with Crippen molar-refractivity contribution in [1.82, 2.24) is 9.29 Å². The largest absolute Gasteiger partial charge is 0.477 e. The molecule has 2 aromatic carbocycles. The van der Waals surface area contributed by atoms with Crippen LogP contribution in [0.25, 0.3) is 17.0 Å². The van der Waals surface area contributed by atoms with Gasteiger partial charge in [0.1, 0.15) is 5.03 Å². The number of nitrogens with one attached hydrogen (secondary N) is 1. The lowest BCUT2D eigenvalue weighted by Crippen LogP contribution is -2.59. The number of carbonyl (C=O) groups excluding carboxylic acids is 1. The molecule has 1 amide bonds. The molecule has 204 valence electrons. The molecule has 0 aliphatic heterocycles. The maximum Gasteiger partial charge on any atom is 0.354 e. The molecular weight excluding hydrogens is 583 g/mol. The number of fused-ring (bicyclic) bond motifs is 1. The molecule has 1 heterocycles. The normalized spacial score (nSPS) is 26.2. The molecule has 1 aromatic heterocycles. The zero-order chi connectivity index (χ0) is 27.7. The van der Waals surface area contributed by atoms with E-state index in [0.717, 1.165) is 19.3 Å². The highest BCUT2D eigenvalue weighted by atomic mass is 35.5. The molecule has 7 nitrogen and oxygen atoms in total. The van der Waals surface area contributed by atoms with Crippen molar-refractivity contribution in [3.8, 4) is 0 Å². The lowest BCUT2D eigenvalue weighted by Gasteiger charge is -2.56. The second-order valence-corrected chi connectivity index (χ2v) is 14.1. The number of carbonyl (C=O) groups is 2. The van der Waals surface area contributed by atoms with Gasteiger partial charge in [0.2, 0.25) is 0 Å². The average Bonchev–Trinajstić information content (AvgIpc) is 3.18. The van der Waals surface area contributed by atoms with Crippen LogP contribution in [-0.2, 0) is 14.8 Å². The number of carboxylic acid groups (broad SMARTS) is 1. The first-order chi connectivity index (χ1) is 18.5. The van der Waals surface area contributed by atoms with Gasteiger partial charge in [-0.25, -0.2) is 17.2 Å². The van der Waals surface area contributed by atoms with Crippen molar-refractivity contribution in [1.29, 1.82) is 0 Å². The number of halogens is 3. The van der Waals surface area contributed by atoms with E-state index in [-0.39, 0.29) is 42.0 Å². The van der Waals surface area contributed by atoms with Gasteiger partial charge in [0.05, 0.1) is 15.4 Å². The Kier molecular flexibility index (Phi) is 6.53. The number of rotatable bonds is 6. The van der Waals surface area contributed by atoms with Crippen LogP contribution in [0.3, 0.4) is 0 Å². The summed E-state index contributed by atoms with van der Waals surface area (Å²) < 4.78 is 28.1. The Balaban J connectivity index is 1.48. The van der Waals surface area contributed by atoms with Gasteiger partial charge in [0, 0.05) is 21.5 Å². The smallest absolute Gasteiger partial charge is 0.354 e. The Morgan fingerprint density at radius 3 is 2.15 bits per heavy atom. The molecule has 0 radical (unpaired) electrons. The highest BCUT2D eigenvalue weighted by Gasteiger charge is 2.51. The van der Waals surface area contributed by atoms with Crippen LogP contribution >= 0.6 is 34.8 Å². The van der Waals surface area contributed by atoms with Crippen LogP contribution in [0.4, 0.5) is 0 Å².